The molecule has 0 aliphatic heterocycles. The fourth-order valence-electron chi connectivity index (χ4n) is 1.59. The molecular formula is C11H15NO2. The molecule has 0 bridgehead atoms. The maximum atomic E-state index is 11.5. The number of ketones is 1. The van der Waals surface area contributed by atoms with Crippen molar-refractivity contribution in [2.24, 2.45) is 5.73 Å². The van der Waals surface area contributed by atoms with Gasteiger partial charge in [-0.2, -0.15) is 0 Å². The Labute approximate surface area is 83.6 Å². The Kier molecular flexibility index (Phi) is 2.91. The van der Waals surface area contributed by atoms with Crippen molar-refractivity contribution in [3.63, 3.8) is 0 Å². The van der Waals surface area contributed by atoms with Crippen LogP contribution in [0.1, 0.15) is 27.0 Å². The molecule has 0 unspecified atom stereocenters. The van der Waals surface area contributed by atoms with E-state index in [1.165, 1.54) is 0 Å². The predicted octanol–water partition coefficient (Wildman–Crippen LogP) is 1.46. The van der Waals surface area contributed by atoms with Crippen LogP contribution in [0.3, 0.4) is 0 Å². The molecule has 0 saturated carbocycles. The zero-order valence-electron chi connectivity index (χ0n) is 8.72. The summed E-state index contributed by atoms with van der Waals surface area (Å²) in [4.78, 5) is 11.5. The van der Waals surface area contributed by atoms with E-state index in [0.717, 1.165) is 16.7 Å². The first kappa shape index (κ1) is 10.7. The quantitative estimate of drug-likeness (QED) is 0.699. The van der Waals surface area contributed by atoms with Crippen LogP contribution in [0.2, 0.25) is 0 Å². The SMILES string of the molecule is Cc1cc(O)c(C)c(C)c1C(=O)CN. The lowest BCUT2D eigenvalue weighted by atomic mass is 9.94. The summed E-state index contributed by atoms with van der Waals surface area (Å²) >= 11 is 0. The van der Waals surface area contributed by atoms with Crippen molar-refractivity contribution in [3.05, 3.63) is 28.3 Å². The van der Waals surface area contributed by atoms with Gasteiger partial charge in [-0.3, -0.25) is 4.79 Å². The zero-order valence-corrected chi connectivity index (χ0v) is 8.72. The molecule has 1 aromatic carbocycles. The van der Waals surface area contributed by atoms with E-state index in [4.69, 9.17) is 5.73 Å². The van der Waals surface area contributed by atoms with Gasteiger partial charge in [0.05, 0.1) is 6.54 Å². The molecule has 0 saturated heterocycles. The maximum Gasteiger partial charge on any atom is 0.176 e. The highest BCUT2D eigenvalue weighted by atomic mass is 16.3. The van der Waals surface area contributed by atoms with Crippen molar-refractivity contribution in [1.82, 2.24) is 0 Å². The number of hydrogen-bond donors (Lipinski definition) is 2. The monoisotopic (exact) mass is 193 g/mol. The van der Waals surface area contributed by atoms with E-state index in [9.17, 15) is 9.90 Å². The van der Waals surface area contributed by atoms with Crippen molar-refractivity contribution in [2.45, 2.75) is 20.8 Å². The minimum atomic E-state index is -0.0805. The lowest BCUT2D eigenvalue weighted by Gasteiger charge is -2.11. The second kappa shape index (κ2) is 3.80. The molecule has 0 amide bonds. The lowest BCUT2D eigenvalue weighted by Crippen LogP contribution is -2.16. The van der Waals surface area contributed by atoms with Crippen LogP contribution in [0.4, 0.5) is 0 Å². The molecule has 3 heteroatoms. The van der Waals surface area contributed by atoms with Crippen LogP contribution in [-0.4, -0.2) is 17.4 Å². The van der Waals surface area contributed by atoms with Crippen LogP contribution in [-0.2, 0) is 0 Å². The van der Waals surface area contributed by atoms with E-state index in [1.54, 1.807) is 19.9 Å². The van der Waals surface area contributed by atoms with Crippen LogP contribution >= 0.6 is 0 Å². The lowest BCUT2D eigenvalue weighted by molar-refractivity contribution is 0.1000. The Bertz CT molecular complexity index is 383. The smallest absolute Gasteiger partial charge is 0.176 e. The average Bonchev–Trinajstić information content (AvgIpc) is 2.14. The van der Waals surface area contributed by atoms with Crippen molar-refractivity contribution in [1.29, 1.82) is 0 Å². The largest absolute Gasteiger partial charge is 0.508 e. The summed E-state index contributed by atoms with van der Waals surface area (Å²) < 4.78 is 0. The van der Waals surface area contributed by atoms with Gasteiger partial charge in [-0.15, -0.1) is 0 Å². The number of nitrogens with two attached hydrogens (primary N) is 1. The van der Waals surface area contributed by atoms with Gasteiger partial charge in [0.15, 0.2) is 5.78 Å². The van der Waals surface area contributed by atoms with Gasteiger partial charge in [-0.05, 0) is 43.5 Å². The normalized spacial score (nSPS) is 10.3. The fourth-order valence-corrected chi connectivity index (χ4v) is 1.59. The summed E-state index contributed by atoms with van der Waals surface area (Å²) in [6.07, 6.45) is 0. The number of Topliss-reactive ketones (excluding diaryl/α,β-unsaturated/α-hetero) is 1. The molecule has 0 aliphatic rings. The van der Waals surface area contributed by atoms with E-state index in [2.05, 4.69) is 0 Å². The van der Waals surface area contributed by atoms with Gasteiger partial charge in [0.2, 0.25) is 0 Å². The third kappa shape index (κ3) is 1.63. The Morgan fingerprint density at radius 2 is 1.93 bits per heavy atom. The van der Waals surface area contributed by atoms with Crippen molar-refractivity contribution in [3.8, 4) is 5.75 Å². The number of phenolic OH excluding ortho intramolecular Hbond substituents is 1. The number of rotatable bonds is 2. The summed E-state index contributed by atoms with van der Waals surface area (Å²) in [7, 11) is 0. The molecular weight excluding hydrogens is 178 g/mol. The predicted molar refractivity (Wildman–Crippen MR) is 55.7 cm³/mol. The van der Waals surface area contributed by atoms with Gasteiger partial charge in [0, 0.05) is 5.56 Å². The van der Waals surface area contributed by atoms with Crippen molar-refractivity contribution >= 4 is 5.78 Å². The third-order valence-electron chi connectivity index (χ3n) is 2.53. The molecule has 76 valence electrons. The van der Waals surface area contributed by atoms with E-state index < -0.39 is 0 Å². The fraction of sp³-hybridized carbons (Fsp3) is 0.364. The number of carbonyl (C=O) groups is 1. The summed E-state index contributed by atoms with van der Waals surface area (Å²) in [6.45, 7) is 5.42. The summed E-state index contributed by atoms with van der Waals surface area (Å²) in [5, 5.41) is 9.52. The van der Waals surface area contributed by atoms with Crippen LogP contribution in [0, 0.1) is 20.8 Å². The van der Waals surface area contributed by atoms with E-state index in [0.29, 0.717) is 5.56 Å². The maximum absolute atomic E-state index is 11.5. The highest BCUT2D eigenvalue weighted by molar-refractivity contribution is 6.00. The van der Waals surface area contributed by atoms with Gasteiger partial charge in [0.25, 0.3) is 0 Å². The van der Waals surface area contributed by atoms with Gasteiger partial charge in [-0.1, -0.05) is 0 Å². The third-order valence-corrected chi connectivity index (χ3v) is 2.53. The summed E-state index contributed by atoms with van der Waals surface area (Å²) in [6, 6.07) is 1.60. The topological polar surface area (TPSA) is 63.3 Å². The van der Waals surface area contributed by atoms with Crippen LogP contribution < -0.4 is 5.73 Å². The van der Waals surface area contributed by atoms with Gasteiger partial charge >= 0.3 is 0 Å². The first-order chi connectivity index (χ1) is 6.49. The Morgan fingerprint density at radius 1 is 1.36 bits per heavy atom. The number of benzene rings is 1. The number of carbonyl (C=O) groups excluding carboxylic acids is 1. The highest BCUT2D eigenvalue weighted by Crippen LogP contribution is 2.26. The average molecular weight is 193 g/mol. The molecule has 0 heterocycles. The second-order valence-electron chi connectivity index (χ2n) is 3.46. The van der Waals surface area contributed by atoms with Gasteiger partial charge in [-0.25, -0.2) is 0 Å². The molecule has 0 spiro atoms. The number of aromatic hydroxyl groups is 1. The van der Waals surface area contributed by atoms with E-state index in [-0.39, 0.29) is 18.1 Å². The molecule has 0 fully saturated rings. The van der Waals surface area contributed by atoms with Gasteiger partial charge in [0.1, 0.15) is 5.75 Å². The first-order valence-electron chi connectivity index (χ1n) is 4.52. The molecule has 3 nitrogen and oxygen atoms in total. The minimum absolute atomic E-state index is 0.00585. The molecule has 14 heavy (non-hydrogen) atoms. The van der Waals surface area contributed by atoms with Gasteiger partial charge < -0.3 is 10.8 Å². The number of hydrogen-bond acceptors (Lipinski definition) is 3. The van der Waals surface area contributed by atoms with Crippen LogP contribution in [0.25, 0.3) is 0 Å². The van der Waals surface area contributed by atoms with Crippen molar-refractivity contribution < 1.29 is 9.90 Å². The zero-order chi connectivity index (χ0) is 10.9. The van der Waals surface area contributed by atoms with Crippen LogP contribution in [0.5, 0.6) is 5.75 Å². The number of aryl methyl sites for hydroxylation is 1. The first-order valence-corrected chi connectivity index (χ1v) is 4.52. The van der Waals surface area contributed by atoms with E-state index in [1.807, 2.05) is 6.92 Å². The second-order valence-corrected chi connectivity index (χ2v) is 3.46. The molecule has 0 aromatic heterocycles. The molecule has 3 N–H and O–H groups in total. The van der Waals surface area contributed by atoms with E-state index >= 15 is 0 Å². The standard InChI is InChI=1S/C11H15NO2/c1-6-4-9(13)7(2)8(3)11(6)10(14)5-12/h4,13H,5,12H2,1-3H3. The van der Waals surface area contributed by atoms with Crippen LogP contribution in [0.15, 0.2) is 6.07 Å². The number of phenols is 1. The Balaban J connectivity index is 3.44. The molecule has 1 aromatic rings. The van der Waals surface area contributed by atoms with Crippen molar-refractivity contribution in [2.75, 3.05) is 6.54 Å². The molecule has 1 rings (SSSR count). The molecule has 0 radical (unpaired) electrons. The minimum Gasteiger partial charge on any atom is -0.508 e. The summed E-state index contributed by atoms with van der Waals surface area (Å²) in [5.41, 5.74) is 8.30. The highest BCUT2D eigenvalue weighted by Gasteiger charge is 2.14. The Morgan fingerprint density at radius 3 is 2.43 bits per heavy atom. The molecule has 0 atom stereocenters. The molecule has 0 aliphatic carbocycles. The summed E-state index contributed by atoms with van der Waals surface area (Å²) in [5.74, 6) is 0.150. The Hall–Kier alpha value is -1.35.